The second kappa shape index (κ2) is 4.32. The molecule has 1 aromatic rings. The lowest BCUT2D eigenvalue weighted by molar-refractivity contribution is 0.229. The fraction of sp³-hybridized carbons (Fsp3) is 0.600. The second-order valence-corrected chi connectivity index (χ2v) is 8.17. The van der Waals surface area contributed by atoms with E-state index in [1.54, 1.807) is 16.4 Å². The number of benzene rings is 1. The Labute approximate surface area is 115 Å². The summed E-state index contributed by atoms with van der Waals surface area (Å²) in [5, 5.41) is 0. The molecule has 0 radical (unpaired) electrons. The lowest BCUT2D eigenvalue weighted by Crippen LogP contribution is -2.44. The molecular weight excluding hydrogens is 258 g/mol. The number of sulfonamides is 1. The molecule has 0 amide bonds. The van der Waals surface area contributed by atoms with E-state index < -0.39 is 10.0 Å². The highest BCUT2D eigenvalue weighted by molar-refractivity contribution is 7.89. The maximum atomic E-state index is 12.8. The molecule has 1 aliphatic heterocycles. The van der Waals surface area contributed by atoms with Gasteiger partial charge in [-0.15, -0.1) is 0 Å². The zero-order chi connectivity index (χ0) is 13.7. The van der Waals surface area contributed by atoms with Crippen LogP contribution in [0.1, 0.15) is 38.2 Å². The Kier molecular flexibility index (Phi) is 2.98. The van der Waals surface area contributed by atoms with Gasteiger partial charge in [-0.05, 0) is 51.2 Å². The normalized spacial score (nSPS) is 31.6. The van der Waals surface area contributed by atoms with Crippen LogP contribution in [-0.2, 0) is 10.0 Å². The Morgan fingerprint density at radius 2 is 1.95 bits per heavy atom. The van der Waals surface area contributed by atoms with Crippen LogP contribution in [0.2, 0.25) is 0 Å². The van der Waals surface area contributed by atoms with E-state index >= 15 is 0 Å². The number of hydrogen-bond donors (Lipinski definition) is 0. The second-order valence-electron chi connectivity index (χ2n) is 6.31. The number of aryl methyl sites for hydroxylation is 1. The average Bonchev–Trinajstić information content (AvgIpc) is 2.60. The summed E-state index contributed by atoms with van der Waals surface area (Å²) < 4.78 is 27.4. The fourth-order valence-electron chi connectivity index (χ4n) is 3.66. The first-order chi connectivity index (χ1) is 8.92. The SMILES string of the molecule is Cc1ccc(S(=O)(=O)N2C[C@@H]3CCC[C@@]2(C)C3)cc1. The van der Waals surface area contributed by atoms with Crippen molar-refractivity contribution in [2.75, 3.05) is 6.54 Å². The topological polar surface area (TPSA) is 37.4 Å². The van der Waals surface area contributed by atoms with Gasteiger partial charge in [0.1, 0.15) is 0 Å². The third-order valence-corrected chi connectivity index (χ3v) is 6.73. The van der Waals surface area contributed by atoms with Crippen molar-refractivity contribution in [2.45, 2.75) is 50.0 Å². The van der Waals surface area contributed by atoms with E-state index in [9.17, 15) is 8.42 Å². The summed E-state index contributed by atoms with van der Waals surface area (Å²) in [7, 11) is -3.33. The molecule has 0 spiro atoms. The molecular formula is C15H21NO2S. The van der Waals surface area contributed by atoms with Crippen LogP contribution in [0, 0.1) is 12.8 Å². The predicted molar refractivity (Wildman–Crippen MR) is 75.4 cm³/mol. The zero-order valence-electron chi connectivity index (χ0n) is 11.6. The molecule has 19 heavy (non-hydrogen) atoms. The van der Waals surface area contributed by atoms with Gasteiger partial charge in [0.15, 0.2) is 0 Å². The van der Waals surface area contributed by atoms with Gasteiger partial charge in [-0.2, -0.15) is 4.31 Å². The molecule has 4 heteroatoms. The van der Waals surface area contributed by atoms with Crippen molar-refractivity contribution < 1.29 is 8.42 Å². The first-order valence-corrected chi connectivity index (χ1v) is 8.45. The quantitative estimate of drug-likeness (QED) is 0.834. The molecule has 2 aliphatic rings. The highest BCUT2D eigenvalue weighted by Gasteiger charge is 2.49. The van der Waals surface area contributed by atoms with E-state index in [2.05, 4.69) is 6.92 Å². The van der Waals surface area contributed by atoms with Gasteiger partial charge in [0.2, 0.25) is 10.0 Å². The van der Waals surface area contributed by atoms with E-state index in [1.807, 2.05) is 19.1 Å². The molecule has 1 saturated heterocycles. The van der Waals surface area contributed by atoms with Crippen molar-refractivity contribution in [1.29, 1.82) is 0 Å². The monoisotopic (exact) mass is 279 g/mol. The molecule has 0 aromatic heterocycles. The summed E-state index contributed by atoms with van der Waals surface area (Å²) in [5.41, 5.74) is 0.928. The van der Waals surface area contributed by atoms with E-state index in [1.165, 1.54) is 6.42 Å². The van der Waals surface area contributed by atoms with Gasteiger partial charge in [-0.25, -0.2) is 8.42 Å². The van der Waals surface area contributed by atoms with E-state index in [-0.39, 0.29) is 5.54 Å². The maximum absolute atomic E-state index is 12.8. The number of nitrogens with zero attached hydrogens (tertiary/aromatic N) is 1. The molecule has 1 saturated carbocycles. The molecule has 104 valence electrons. The van der Waals surface area contributed by atoms with Crippen LogP contribution < -0.4 is 0 Å². The van der Waals surface area contributed by atoms with Crippen molar-refractivity contribution in [3.8, 4) is 0 Å². The van der Waals surface area contributed by atoms with Crippen molar-refractivity contribution in [3.63, 3.8) is 0 Å². The summed E-state index contributed by atoms with van der Waals surface area (Å²) in [6.45, 7) is 4.78. The molecule has 0 unspecified atom stereocenters. The lowest BCUT2D eigenvalue weighted by Gasteiger charge is -2.35. The molecule has 2 fully saturated rings. The van der Waals surface area contributed by atoms with E-state index in [0.717, 1.165) is 24.8 Å². The average molecular weight is 279 g/mol. The van der Waals surface area contributed by atoms with Gasteiger partial charge in [-0.1, -0.05) is 24.1 Å². The minimum Gasteiger partial charge on any atom is -0.207 e. The van der Waals surface area contributed by atoms with Gasteiger partial charge >= 0.3 is 0 Å². The van der Waals surface area contributed by atoms with Crippen LogP contribution in [0.15, 0.2) is 29.2 Å². The first-order valence-electron chi connectivity index (χ1n) is 7.01. The molecule has 3 nitrogen and oxygen atoms in total. The fourth-order valence-corrected chi connectivity index (χ4v) is 5.55. The zero-order valence-corrected chi connectivity index (χ0v) is 12.4. The molecule has 3 rings (SSSR count). The van der Waals surface area contributed by atoms with Gasteiger partial charge in [-0.3, -0.25) is 0 Å². The summed E-state index contributed by atoms with van der Waals surface area (Å²) in [6, 6.07) is 7.21. The molecule has 0 N–H and O–H groups in total. The van der Waals surface area contributed by atoms with E-state index in [0.29, 0.717) is 17.4 Å². The Morgan fingerprint density at radius 3 is 2.58 bits per heavy atom. The Hall–Kier alpha value is -0.870. The summed E-state index contributed by atoms with van der Waals surface area (Å²) in [5.74, 6) is 0.555. The Morgan fingerprint density at radius 1 is 1.26 bits per heavy atom. The van der Waals surface area contributed by atoms with Crippen molar-refractivity contribution in [2.24, 2.45) is 5.92 Å². The van der Waals surface area contributed by atoms with Crippen LogP contribution in [0.4, 0.5) is 0 Å². The van der Waals surface area contributed by atoms with Crippen LogP contribution >= 0.6 is 0 Å². The van der Waals surface area contributed by atoms with Crippen molar-refractivity contribution in [3.05, 3.63) is 29.8 Å². The molecule has 1 heterocycles. The van der Waals surface area contributed by atoms with Crippen LogP contribution in [0.3, 0.4) is 0 Å². The molecule has 2 bridgehead atoms. The van der Waals surface area contributed by atoms with Gasteiger partial charge in [0.25, 0.3) is 0 Å². The Bertz CT molecular complexity index is 579. The molecule has 2 atom stereocenters. The smallest absolute Gasteiger partial charge is 0.207 e. The molecule has 1 aromatic carbocycles. The highest BCUT2D eigenvalue weighted by atomic mass is 32.2. The van der Waals surface area contributed by atoms with Gasteiger partial charge < -0.3 is 0 Å². The largest absolute Gasteiger partial charge is 0.243 e. The number of rotatable bonds is 2. The summed E-state index contributed by atoms with van der Waals surface area (Å²) in [6.07, 6.45) is 4.35. The van der Waals surface area contributed by atoms with Crippen molar-refractivity contribution >= 4 is 10.0 Å². The number of hydrogen-bond acceptors (Lipinski definition) is 2. The lowest BCUT2D eigenvalue weighted by atomic mass is 9.82. The maximum Gasteiger partial charge on any atom is 0.243 e. The standard InChI is InChI=1S/C15H21NO2S/c1-12-5-7-14(8-6-12)19(17,18)16-11-13-4-3-9-15(16,2)10-13/h5-8,13H,3-4,9-11H2,1-2H3/t13-,15+/m1/s1. The first kappa shape index (κ1) is 13.1. The van der Waals surface area contributed by atoms with Crippen molar-refractivity contribution in [1.82, 2.24) is 4.31 Å². The third kappa shape index (κ3) is 2.11. The van der Waals surface area contributed by atoms with Gasteiger partial charge in [0.05, 0.1) is 4.90 Å². The third-order valence-electron chi connectivity index (χ3n) is 4.69. The molecule has 1 aliphatic carbocycles. The summed E-state index contributed by atoms with van der Waals surface area (Å²) >= 11 is 0. The van der Waals surface area contributed by atoms with Crippen LogP contribution in [-0.4, -0.2) is 24.8 Å². The Balaban J connectivity index is 1.99. The highest BCUT2D eigenvalue weighted by Crippen LogP contribution is 2.46. The minimum absolute atomic E-state index is 0.160. The summed E-state index contributed by atoms with van der Waals surface area (Å²) in [4.78, 5) is 0.437. The van der Waals surface area contributed by atoms with E-state index in [4.69, 9.17) is 0 Å². The van der Waals surface area contributed by atoms with Gasteiger partial charge in [0, 0.05) is 12.1 Å². The minimum atomic E-state index is -3.33. The van der Waals surface area contributed by atoms with Crippen LogP contribution in [0.25, 0.3) is 0 Å². The predicted octanol–water partition coefficient (Wildman–Crippen LogP) is 2.95. The number of fused-ring (bicyclic) bond motifs is 2. The van der Waals surface area contributed by atoms with Crippen LogP contribution in [0.5, 0.6) is 0 Å².